The third-order valence-electron chi connectivity index (χ3n) is 5.66. The number of ether oxygens (including phenoxy) is 1. The fraction of sp³-hybridized carbons (Fsp3) is 0.200. The molecule has 2 N–H and O–H groups in total. The van der Waals surface area contributed by atoms with Crippen molar-refractivity contribution in [1.82, 2.24) is 9.38 Å². The fourth-order valence-electron chi connectivity index (χ4n) is 3.89. The Bertz CT molecular complexity index is 1400. The number of benzene rings is 2. The monoisotopic (exact) mass is 489 g/mol. The predicted octanol–water partition coefficient (Wildman–Crippen LogP) is 5.23. The van der Waals surface area contributed by atoms with Crippen LogP contribution in [0.25, 0.3) is 5.65 Å². The smallest absolute Gasteiger partial charge is 0.182 e. The summed E-state index contributed by atoms with van der Waals surface area (Å²) in [7, 11) is 0. The van der Waals surface area contributed by atoms with E-state index in [1.165, 1.54) is 16.5 Å². The summed E-state index contributed by atoms with van der Waals surface area (Å²) in [4.78, 5) is 17.6. The molecule has 0 aliphatic carbocycles. The highest BCUT2D eigenvalue weighted by Gasteiger charge is 2.23. The van der Waals surface area contributed by atoms with Gasteiger partial charge in [-0.05, 0) is 43.3 Å². The van der Waals surface area contributed by atoms with Gasteiger partial charge in [-0.2, -0.15) is 0 Å². The van der Waals surface area contributed by atoms with Crippen LogP contribution < -0.4 is 10.5 Å². The van der Waals surface area contributed by atoms with Gasteiger partial charge in [-0.25, -0.2) is 26.9 Å². The Hall–Kier alpha value is -3.79. The van der Waals surface area contributed by atoms with Crippen molar-refractivity contribution in [2.75, 3.05) is 6.54 Å². The number of fused-ring (bicyclic) bond motifs is 1. The van der Waals surface area contributed by atoms with E-state index in [1.54, 1.807) is 19.2 Å². The van der Waals surface area contributed by atoms with Gasteiger partial charge in [-0.3, -0.25) is 9.20 Å². The van der Waals surface area contributed by atoms with E-state index in [1.807, 2.05) is 0 Å². The second kappa shape index (κ2) is 9.83. The SMILES string of the molecule is Cc1nc2c(OCc3c(F)cc(F)cc3F)cccn2c1C(=O)CC(CN)c1ccc(F)c(F)c1. The quantitative estimate of drug-likeness (QED) is 0.272. The van der Waals surface area contributed by atoms with Crippen LogP contribution in [0.4, 0.5) is 22.0 Å². The van der Waals surface area contributed by atoms with E-state index >= 15 is 0 Å². The maximum absolute atomic E-state index is 14.0. The first-order valence-electron chi connectivity index (χ1n) is 10.6. The molecule has 35 heavy (non-hydrogen) atoms. The van der Waals surface area contributed by atoms with Crippen molar-refractivity contribution in [2.24, 2.45) is 5.73 Å². The molecule has 1 atom stereocenters. The number of nitrogens with zero attached hydrogens (tertiary/aromatic N) is 2. The molecule has 10 heteroatoms. The van der Waals surface area contributed by atoms with Crippen LogP contribution in [0.2, 0.25) is 0 Å². The normalized spacial score (nSPS) is 12.2. The molecule has 2 aromatic carbocycles. The van der Waals surface area contributed by atoms with Crippen LogP contribution in [-0.2, 0) is 6.61 Å². The number of pyridine rings is 1. The summed E-state index contributed by atoms with van der Waals surface area (Å²) < 4.78 is 75.1. The summed E-state index contributed by atoms with van der Waals surface area (Å²) in [5.41, 5.74) is 6.56. The number of Topliss-reactive ketones (excluding diaryl/α,β-unsaturated/α-hetero) is 1. The molecule has 2 aromatic heterocycles. The molecule has 0 amide bonds. The van der Waals surface area contributed by atoms with Crippen molar-refractivity contribution >= 4 is 11.4 Å². The van der Waals surface area contributed by atoms with Crippen LogP contribution >= 0.6 is 0 Å². The maximum atomic E-state index is 14.0. The molecular weight excluding hydrogens is 469 g/mol. The van der Waals surface area contributed by atoms with Gasteiger partial charge < -0.3 is 10.5 Å². The standard InChI is InChI=1S/C25H20F5N3O2/c1-13-24(22(34)8-15(11-31)14-4-5-18(27)21(30)7-14)33-6-2-3-23(25(33)32-13)35-12-17-19(28)9-16(26)10-20(17)29/h2-7,9-10,15H,8,11-12,31H2,1H3. The minimum absolute atomic E-state index is 0.0236. The predicted molar refractivity (Wildman–Crippen MR) is 118 cm³/mol. The van der Waals surface area contributed by atoms with Gasteiger partial charge in [0.2, 0.25) is 0 Å². The summed E-state index contributed by atoms with van der Waals surface area (Å²) in [5, 5.41) is 0. The number of carbonyl (C=O) groups is 1. The van der Waals surface area contributed by atoms with Crippen molar-refractivity contribution in [3.63, 3.8) is 0 Å². The number of ketones is 1. The van der Waals surface area contributed by atoms with Gasteiger partial charge >= 0.3 is 0 Å². The summed E-state index contributed by atoms with van der Waals surface area (Å²) in [6.07, 6.45) is 1.48. The third kappa shape index (κ3) is 4.88. The minimum Gasteiger partial charge on any atom is -0.485 e. The molecule has 4 aromatic rings. The third-order valence-corrected chi connectivity index (χ3v) is 5.66. The number of hydrogen-bond acceptors (Lipinski definition) is 4. The number of nitrogens with two attached hydrogens (primary N) is 1. The van der Waals surface area contributed by atoms with Crippen LogP contribution in [0.5, 0.6) is 5.75 Å². The van der Waals surface area contributed by atoms with Gasteiger partial charge in [0.05, 0.1) is 11.3 Å². The summed E-state index contributed by atoms with van der Waals surface area (Å²) >= 11 is 0. The van der Waals surface area contributed by atoms with E-state index in [0.717, 1.165) is 12.1 Å². The number of aromatic nitrogens is 2. The Morgan fingerprint density at radius 1 is 1.03 bits per heavy atom. The lowest BCUT2D eigenvalue weighted by Gasteiger charge is -2.15. The molecule has 4 rings (SSSR count). The van der Waals surface area contributed by atoms with E-state index in [-0.39, 0.29) is 35.8 Å². The Morgan fingerprint density at radius 2 is 1.74 bits per heavy atom. The zero-order chi connectivity index (χ0) is 25.3. The maximum Gasteiger partial charge on any atom is 0.182 e. The highest BCUT2D eigenvalue weighted by Crippen LogP contribution is 2.28. The summed E-state index contributed by atoms with van der Waals surface area (Å²) in [6, 6.07) is 7.56. The lowest BCUT2D eigenvalue weighted by Crippen LogP contribution is -2.18. The van der Waals surface area contributed by atoms with Crippen molar-refractivity contribution in [1.29, 1.82) is 0 Å². The number of halogens is 5. The average molecular weight is 489 g/mol. The van der Waals surface area contributed by atoms with Gasteiger partial charge in [0.15, 0.2) is 28.8 Å². The van der Waals surface area contributed by atoms with Crippen molar-refractivity contribution in [2.45, 2.75) is 25.9 Å². The Balaban J connectivity index is 1.61. The molecule has 2 heterocycles. The lowest BCUT2D eigenvalue weighted by molar-refractivity contribution is 0.0968. The van der Waals surface area contributed by atoms with Gasteiger partial charge in [0, 0.05) is 30.7 Å². The van der Waals surface area contributed by atoms with Gasteiger partial charge in [-0.15, -0.1) is 0 Å². The highest BCUT2D eigenvalue weighted by molar-refractivity contribution is 5.97. The molecule has 0 bridgehead atoms. The zero-order valence-corrected chi connectivity index (χ0v) is 18.5. The molecule has 0 aliphatic rings. The Labute approximate surface area is 197 Å². The molecular formula is C25H20F5N3O2. The number of carbonyl (C=O) groups excluding carboxylic acids is 1. The first-order valence-corrected chi connectivity index (χ1v) is 10.6. The van der Waals surface area contributed by atoms with E-state index in [0.29, 0.717) is 23.4 Å². The fourth-order valence-corrected chi connectivity index (χ4v) is 3.89. The molecule has 0 fully saturated rings. The molecule has 0 saturated heterocycles. The van der Waals surface area contributed by atoms with Crippen LogP contribution in [0, 0.1) is 36.0 Å². The second-order valence-electron chi connectivity index (χ2n) is 7.98. The van der Waals surface area contributed by atoms with Crippen molar-refractivity contribution in [3.05, 3.63) is 100 Å². The van der Waals surface area contributed by atoms with Crippen LogP contribution in [-0.4, -0.2) is 21.7 Å². The molecule has 5 nitrogen and oxygen atoms in total. The topological polar surface area (TPSA) is 69.6 Å². The van der Waals surface area contributed by atoms with E-state index in [9.17, 15) is 26.7 Å². The zero-order valence-electron chi connectivity index (χ0n) is 18.5. The van der Waals surface area contributed by atoms with Crippen molar-refractivity contribution < 1.29 is 31.5 Å². The Kier molecular flexibility index (Phi) is 6.83. The minimum atomic E-state index is -1.09. The molecule has 0 radical (unpaired) electrons. The molecule has 182 valence electrons. The van der Waals surface area contributed by atoms with E-state index in [4.69, 9.17) is 10.5 Å². The van der Waals surface area contributed by atoms with E-state index < -0.39 is 47.2 Å². The first-order chi connectivity index (χ1) is 16.7. The second-order valence-corrected chi connectivity index (χ2v) is 7.98. The van der Waals surface area contributed by atoms with Gasteiger partial charge in [0.1, 0.15) is 29.8 Å². The van der Waals surface area contributed by atoms with Crippen molar-refractivity contribution in [3.8, 4) is 5.75 Å². The number of hydrogen-bond donors (Lipinski definition) is 1. The van der Waals surface area contributed by atoms with Gasteiger partial charge in [-0.1, -0.05) is 6.07 Å². The lowest BCUT2D eigenvalue weighted by atomic mass is 9.92. The Morgan fingerprint density at radius 3 is 2.40 bits per heavy atom. The van der Waals surface area contributed by atoms with Crippen LogP contribution in [0.15, 0.2) is 48.7 Å². The van der Waals surface area contributed by atoms with Crippen LogP contribution in [0.3, 0.4) is 0 Å². The average Bonchev–Trinajstić information content (AvgIpc) is 3.15. The number of rotatable bonds is 8. The number of imidazole rings is 1. The highest BCUT2D eigenvalue weighted by atomic mass is 19.2. The molecule has 1 unspecified atom stereocenters. The van der Waals surface area contributed by atoms with E-state index in [2.05, 4.69) is 4.98 Å². The molecule has 0 saturated carbocycles. The van der Waals surface area contributed by atoms with Gasteiger partial charge in [0.25, 0.3) is 0 Å². The summed E-state index contributed by atoms with van der Waals surface area (Å²) in [5.74, 6) is -6.01. The molecule has 0 aliphatic heterocycles. The first kappa shape index (κ1) is 24.3. The largest absolute Gasteiger partial charge is 0.485 e. The van der Waals surface area contributed by atoms with Crippen LogP contribution in [0.1, 0.15) is 39.6 Å². The molecule has 0 spiro atoms. The summed E-state index contributed by atoms with van der Waals surface area (Å²) in [6.45, 7) is 1.10. The number of aryl methyl sites for hydroxylation is 1.